The Balaban J connectivity index is 2.66. The molecule has 0 aliphatic rings. The van der Waals surface area contributed by atoms with Crippen molar-refractivity contribution in [2.45, 2.75) is 39.0 Å². The largest absolute Gasteiger partial charge is 0.508 e. The van der Waals surface area contributed by atoms with Gasteiger partial charge in [-0.25, -0.2) is 4.79 Å². The van der Waals surface area contributed by atoms with E-state index >= 15 is 0 Å². The van der Waals surface area contributed by atoms with Gasteiger partial charge in [0.25, 0.3) is 0 Å². The van der Waals surface area contributed by atoms with Crippen LogP contribution in [0.2, 0.25) is 0 Å². The predicted octanol–water partition coefficient (Wildman–Crippen LogP) is 3.83. The lowest BCUT2D eigenvalue weighted by molar-refractivity contribution is -0.132. The van der Waals surface area contributed by atoms with E-state index in [4.69, 9.17) is 10.2 Å². The number of unbranched alkanes of at least 4 members (excludes halogenated alkanes) is 3. The molecule has 0 aliphatic heterocycles. The summed E-state index contributed by atoms with van der Waals surface area (Å²) in [6, 6.07) is 6.54. The van der Waals surface area contributed by atoms with E-state index in [1.165, 1.54) is 0 Å². The molecule has 0 fully saturated rings. The molecule has 1 aromatic rings. The van der Waals surface area contributed by atoms with Crippen LogP contribution in [0.1, 0.15) is 44.6 Å². The molecule has 0 saturated carbocycles. The maximum atomic E-state index is 11.1. The molecule has 98 valence electrons. The number of benzene rings is 1. The first kappa shape index (κ1) is 14.3. The molecule has 0 spiro atoms. The Morgan fingerprint density at radius 2 is 1.83 bits per heavy atom. The van der Waals surface area contributed by atoms with Gasteiger partial charge >= 0.3 is 5.97 Å². The minimum atomic E-state index is -0.862. The van der Waals surface area contributed by atoms with Crippen molar-refractivity contribution in [3.8, 4) is 5.75 Å². The van der Waals surface area contributed by atoms with Crippen LogP contribution in [0.25, 0.3) is 6.08 Å². The molecule has 0 heterocycles. The lowest BCUT2D eigenvalue weighted by Crippen LogP contribution is -2.00. The topological polar surface area (TPSA) is 57.5 Å². The quantitative estimate of drug-likeness (QED) is 0.569. The molecule has 1 rings (SSSR count). The van der Waals surface area contributed by atoms with E-state index in [-0.39, 0.29) is 5.75 Å². The normalized spacial score (nSPS) is 11.5. The number of phenols is 1. The zero-order chi connectivity index (χ0) is 13.4. The van der Waals surface area contributed by atoms with Gasteiger partial charge in [-0.3, -0.25) is 0 Å². The molecule has 0 unspecified atom stereocenters. The molecule has 3 nitrogen and oxygen atoms in total. The first-order chi connectivity index (χ1) is 8.63. The number of rotatable bonds is 7. The van der Waals surface area contributed by atoms with Crippen LogP contribution >= 0.6 is 0 Å². The van der Waals surface area contributed by atoms with Crippen LogP contribution < -0.4 is 0 Å². The summed E-state index contributed by atoms with van der Waals surface area (Å²) in [7, 11) is 0. The van der Waals surface area contributed by atoms with E-state index in [0.717, 1.165) is 31.2 Å². The number of phenolic OH excluding ortho intramolecular Hbond substituents is 1. The van der Waals surface area contributed by atoms with Crippen molar-refractivity contribution in [1.29, 1.82) is 0 Å². The highest BCUT2D eigenvalue weighted by molar-refractivity contribution is 5.92. The average molecular weight is 248 g/mol. The fourth-order valence-electron chi connectivity index (χ4n) is 1.75. The zero-order valence-electron chi connectivity index (χ0n) is 10.7. The number of carboxylic acid groups (broad SMARTS) is 1. The maximum Gasteiger partial charge on any atom is 0.331 e. The second kappa shape index (κ2) is 7.54. The Labute approximate surface area is 108 Å². The standard InChI is InChI=1S/C15H20O3/c1-2-3-4-5-6-13(15(17)18)11-12-7-9-14(16)10-8-12/h7-11,16H,2-6H2,1H3,(H,17,18)/b13-11+. The Bertz CT molecular complexity index is 404. The Hall–Kier alpha value is -1.77. The van der Waals surface area contributed by atoms with E-state index in [0.29, 0.717) is 12.0 Å². The fourth-order valence-corrected chi connectivity index (χ4v) is 1.75. The predicted molar refractivity (Wildman–Crippen MR) is 72.5 cm³/mol. The van der Waals surface area contributed by atoms with Crippen LogP contribution in [-0.4, -0.2) is 16.2 Å². The number of hydrogen-bond donors (Lipinski definition) is 2. The molecular formula is C15H20O3. The Morgan fingerprint density at radius 1 is 1.17 bits per heavy atom. The highest BCUT2D eigenvalue weighted by atomic mass is 16.4. The summed E-state index contributed by atoms with van der Waals surface area (Å²) in [6.45, 7) is 2.13. The van der Waals surface area contributed by atoms with E-state index < -0.39 is 5.97 Å². The van der Waals surface area contributed by atoms with Gasteiger partial charge in [0.15, 0.2) is 0 Å². The number of aromatic hydroxyl groups is 1. The molecule has 0 aromatic heterocycles. The molecule has 0 radical (unpaired) electrons. The second-order valence-electron chi connectivity index (χ2n) is 4.38. The molecule has 0 bridgehead atoms. The molecule has 0 aliphatic carbocycles. The van der Waals surface area contributed by atoms with Crippen LogP contribution in [0.15, 0.2) is 29.8 Å². The summed E-state index contributed by atoms with van der Waals surface area (Å²) >= 11 is 0. The summed E-state index contributed by atoms with van der Waals surface area (Å²) in [4.78, 5) is 11.1. The minimum Gasteiger partial charge on any atom is -0.508 e. The van der Waals surface area contributed by atoms with Gasteiger partial charge < -0.3 is 10.2 Å². The lowest BCUT2D eigenvalue weighted by atomic mass is 10.0. The second-order valence-corrected chi connectivity index (χ2v) is 4.38. The van der Waals surface area contributed by atoms with Crippen LogP contribution in [0.3, 0.4) is 0 Å². The van der Waals surface area contributed by atoms with Crippen molar-refractivity contribution in [3.63, 3.8) is 0 Å². The number of aliphatic carboxylic acids is 1. The van der Waals surface area contributed by atoms with E-state index in [9.17, 15) is 4.79 Å². The monoisotopic (exact) mass is 248 g/mol. The van der Waals surface area contributed by atoms with Crippen molar-refractivity contribution in [3.05, 3.63) is 35.4 Å². The van der Waals surface area contributed by atoms with Crippen molar-refractivity contribution >= 4 is 12.0 Å². The van der Waals surface area contributed by atoms with Crippen LogP contribution in [0, 0.1) is 0 Å². The van der Waals surface area contributed by atoms with Gasteiger partial charge in [0.2, 0.25) is 0 Å². The van der Waals surface area contributed by atoms with Gasteiger partial charge in [-0.05, 0) is 36.6 Å². The highest BCUT2D eigenvalue weighted by Crippen LogP contribution is 2.16. The summed E-state index contributed by atoms with van der Waals surface area (Å²) in [5.74, 6) is -0.674. The molecule has 0 amide bonds. The number of carboxylic acids is 1. The van der Waals surface area contributed by atoms with Crippen LogP contribution in [0.4, 0.5) is 0 Å². The SMILES string of the molecule is CCCCCC/C(=C\c1ccc(O)cc1)C(=O)O. The number of carbonyl (C=O) groups is 1. The molecule has 0 atom stereocenters. The maximum absolute atomic E-state index is 11.1. The molecule has 1 aromatic carbocycles. The summed E-state index contributed by atoms with van der Waals surface area (Å²) in [6.07, 6.45) is 6.53. The smallest absolute Gasteiger partial charge is 0.331 e. The van der Waals surface area contributed by atoms with E-state index in [2.05, 4.69) is 6.92 Å². The van der Waals surface area contributed by atoms with E-state index in [1.807, 2.05) is 0 Å². The van der Waals surface area contributed by atoms with Crippen LogP contribution in [-0.2, 0) is 4.79 Å². The average Bonchev–Trinajstić information content (AvgIpc) is 2.35. The molecule has 0 saturated heterocycles. The van der Waals surface area contributed by atoms with Gasteiger partial charge in [0.05, 0.1) is 0 Å². The van der Waals surface area contributed by atoms with E-state index in [1.54, 1.807) is 30.3 Å². The van der Waals surface area contributed by atoms with Crippen molar-refractivity contribution in [1.82, 2.24) is 0 Å². The van der Waals surface area contributed by atoms with Crippen LogP contribution in [0.5, 0.6) is 5.75 Å². The third-order valence-electron chi connectivity index (χ3n) is 2.81. The zero-order valence-corrected chi connectivity index (χ0v) is 10.7. The van der Waals surface area contributed by atoms with Crippen molar-refractivity contribution in [2.24, 2.45) is 0 Å². The number of hydrogen-bond acceptors (Lipinski definition) is 2. The molecule has 3 heteroatoms. The highest BCUT2D eigenvalue weighted by Gasteiger charge is 2.06. The summed E-state index contributed by atoms with van der Waals surface area (Å²) in [5, 5.41) is 18.3. The third-order valence-corrected chi connectivity index (χ3v) is 2.81. The molecular weight excluding hydrogens is 228 g/mol. The first-order valence-corrected chi connectivity index (χ1v) is 6.36. The van der Waals surface area contributed by atoms with Gasteiger partial charge in [0.1, 0.15) is 5.75 Å². The Morgan fingerprint density at radius 3 is 2.39 bits per heavy atom. The lowest BCUT2D eigenvalue weighted by Gasteiger charge is -2.03. The summed E-state index contributed by atoms with van der Waals surface area (Å²) in [5.41, 5.74) is 1.23. The molecule has 2 N–H and O–H groups in total. The van der Waals surface area contributed by atoms with Crippen molar-refractivity contribution < 1.29 is 15.0 Å². The Kier molecular flexibility index (Phi) is 5.98. The van der Waals surface area contributed by atoms with Gasteiger partial charge in [-0.2, -0.15) is 0 Å². The minimum absolute atomic E-state index is 0.187. The fraction of sp³-hybridized carbons (Fsp3) is 0.400. The van der Waals surface area contributed by atoms with Crippen molar-refractivity contribution in [2.75, 3.05) is 0 Å². The van der Waals surface area contributed by atoms with Gasteiger partial charge in [-0.1, -0.05) is 38.3 Å². The van der Waals surface area contributed by atoms with Gasteiger partial charge in [-0.15, -0.1) is 0 Å². The first-order valence-electron chi connectivity index (χ1n) is 6.36. The summed E-state index contributed by atoms with van der Waals surface area (Å²) < 4.78 is 0. The van der Waals surface area contributed by atoms with Gasteiger partial charge in [0, 0.05) is 5.57 Å². The molecule has 18 heavy (non-hydrogen) atoms. The third kappa shape index (κ3) is 5.04.